The summed E-state index contributed by atoms with van der Waals surface area (Å²) < 4.78 is 52.4. The fraction of sp³-hybridized carbons (Fsp3) is 0.632. The van der Waals surface area contributed by atoms with Crippen LogP contribution in [0, 0.1) is 11.7 Å². The lowest BCUT2D eigenvalue weighted by atomic mass is 9.85. The molecule has 1 aromatic rings. The lowest BCUT2D eigenvalue weighted by Gasteiger charge is -2.32. The number of hydrogen-bond donors (Lipinski definition) is 2. The van der Waals surface area contributed by atoms with Crippen LogP contribution in [0.3, 0.4) is 0 Å². The zero-order chi connectivity index (χ0) is 18.8. The summed E-state index contributed by atoms with van der Waals surface area (Å²) in [5, 5.41) is 6.36. The lowest BCUT2D eigenvalue weighted by Crippen LogP contribution is -2.48. The first-order valence-corrected chi connectivity index (χ1v) is 9.12. The van der Waals surface area contributed by atoms with E-state index in [1.54, 1.807) is 19.2 Å². The Morgan fingerprint density at radius 1 is 1.27 bits per heavy atom. The van der Waals surface area contributed by atoms with Gasteiger partial charge in [-0.05, 0) is 49.8 Å². The number of alkyl halides is 3. The summed E-state index contributed by atoms with van der Waals surface area (Å²) >= 11 is 0. The summed E-state index contributed by atoms with van der Waals surface area (Å²) in [4.78, 5) is 4.15. The summed E-state index contributed by atoms with van der Waals surface area (Å²) in [5.74, 6) is -0.980. The molecule has 0 radical (unpaired) electrons. The quantitative estimate of drug-likeness (QED) is 0.474. The summed E-state index contributed by atoms with van der Waals surface area (Å²) in [6.45, 7) is 0.589. The fourth-order valence-corrected chi connectivity index (χ4v) is 3.80. The molecular formula is C19H25F4N3. The lowest BCUT2D eigenvalue weighted by molar-refractivity contribution is -0.183. The molecule has 1 aromatic carbocycles. The van der Waals surface area contributed by atoms with Gasteiger partial charge in [-0.2, -0.15) is 13.2 Å². The van der Waals surface area contributed by atoms with Crippen LogP contribution in [-0.4, -0.2) is 31.8 Å². The van der Waals surface area contributed by atoms with Gasteiger partial charge in [-0.15, -0.1) is 0 Å². The summed E-state index contributed by atoms with van der Waals surface area (Å²) in [6.07, 6.45) is -0.656. The van der Waals surface area contributed by atoms with Gasteiger partial charge >= 0.3 is 6.18 Å². The van der Waals surface area contributed by atoms with Gasteiger partial charge in [0, 0.05) is 25.0 Å². The van der Waals surface area contributed by atoms with Crippen LogP contribution < -0.4 is 10.6 Å². The molecule has 7 heteroatoms. The number of nitrogens with one attached hydrogen (secondary N) is 2. The Morgan fingerprint density at radius 3 is 2.65 bits per heavy atom. The second-order valence-electron chi connectivity index (χ2n) is 7.46. The Morgan fingerprint density at radius 2 is 2.04 bits per heavy atom. The molecule has 0 spiro atoms. The molecule has 2 aliphatic rings. The van der Waals surface area contributed by atoms with E-state index in [4.69, 9.17) is 0 Å². The van der Waals surface area contributed by atoms with Gasteiger partial charge in [0.05, 0.1) is 5.92 Å². The average Bonchev–Trinajstić information content (AvgIpc) is 3.39. The van der Waals surface area contributed by atoms with E-state index < -0.39 is 12.1 Å². The number of guanidine groups is 1. The third-order valence-corrected chi connectivity index (χ3v) is 5.59. The number of nitrogens with zero attached hydrogens (tertiary/aromatic N) is 1. The Balaban J connectivity index is 1.56. The van der Waals surface area contributed by atoms with Crippen LogP contribution in [0.1, 0.15) is 44.1 Å². The highest BCUT2D eigenvalue weighted by Gasteiger charge is 2.45. The minimum absolute atomic E-state index is 0.0826. The topological polar surface area (TPSA) is 36.4 Å². The van der Waals surface area contributed by atoms with Crippen LogP contribution in [0.5, 0.6) is 0 Å². The predicted molar refractivity (Wildman–Crippen MR) is 93.6 cm³/mol. The third-order valence-electron chi connectivity index (χ3n) is 5.59. The van der Waals surface area contributed by atoms with Gasteiger partial charge in [-0.1, -0.05) is 18.6 Å². The highest BCUT2D eigenvalue weighted by Crippen LogP contribution is 2.47. The van der Waals surface area contributed by atoms with Crippen LogP contribution in [0.4, 0.5) is 17.6 Å². The molecule has 144 valence electrons. The molecule has 2 aliphatic carbocycles. The van der Waals surface area contributed by atoms with Gasteiger partial charge in [0.1, 0.15) is 5.82 Å². The first-order chi connectivity index (χ1) is 12.3. The number of aliphatic imine (C=N–C) groups is 1. The number of hydrogen-bond acceptors (Lipinski definition) is 1. The van der Waals surface area contributed by atoms with E-state index in [0.717, 1.165) is 18.4 Å². The van der Waals surface area contributed by atoms with Crippen molar-refractivity contribution in [1.29, 1.82) is 0 Å². The van der Waals surface area contributed by atoms with Crippen molar-refractivity contribution in [2.45, 2.75) is 56.2 Å². The van der Waals surface area contributed by atoms with Crippen LogP contribution in [0.15, 0.2) is 29.3 Å². The molecule has 0 bridgehead atoms. The van der Waals surface area contributed by atoms with Gasteiger partial charge in [-0.3, -0.25) is 4.99 Å². The van der Waals surface area contributed by atoms with Crippen molar-refractivity contribution >= 4 is 5.96 Å². The van der Waals surface area contributed by atoms with Crippen molar-refractivity contribution in [3.63, 3.8) is 0 Å². The molecule has 0 heterocycles. The standard InChI is InChI=1S/C19H25F4N3/c1-24-17(26-16-7-3-5-14(11-16)19(21,22)23)25-12-18(8-9-18)13-4-2-6-15(20)10-13/h2,4,6,10,14,16H,3,5,7-9,11-12H2,1H3,(H2,24,25,26). The van der Waals surface area contributed by atoms with Crippen LogP contribution in [0.2, 0.25) is 0 Å². The Labute approximate surface area is 151 Å². The maximum atomic E-state index is 13.5. The molecule has 2 atom stereocenters. The smallest absolute Gasteiger partial charge is 0.356 e. The maximum absolute atomic E-state index is 13.5. The predicted octanol–water partition coefficient (Wildman–Crippen LogP) is 4.14. The van der Waals surface area contributed by atoms with E-state index >= 15 is 0 Å². The third kappa shape index (κ3) is 4.48. The van der Waals surface area contributed by atoms with E-state index in [0.29, 0.717) is 25.3 Å². The molecule has 2 unspecified atom stereocenters. The average molecular weight is 371 g/mol. The van der Waals surface area contributed by atoms with E-state index in [-0.39, 0.29) is 30.1 Å². The SMILES string of the molecule is CN=C(NCC1(c2cccc(F)c2)CC1)NC1CCCC(C(F)(F)F)C1. The highest BCUT2D eigenvalue weighted by molar-refractivity contribution is 5.80. The zero-order valence-electron chi connectivity index (χ0n) is 14.9. The number of halogens is 4. The first kappa shape index (κ1) is 19.0. The van der Waals surface area contributed by atoms with E-state index in [2.05, 4.69) is 15.6 Å². The van der Waals surface area contributed by atoms with Crippen molar-refractivity contribution in [3.05, 3.63) is 35.6 Å². The van der Waals surface area contributed by atoms with Crippen molar-refractivity contribution in [3.8, 4) is 0 Å². The van der Waals surface area contributed by atoms with Crippen molar-refractivity contribution in [1.82, 2.24) is 10.6 Å². The van der Waals surface area contributed by atoms with Crippen LogP contribution in [-0.2, 0) is 5.41 Å². The molecule has 0 amide bonds. The molecule has 2 saturated carbocycles. The normalized spacial score (nSPS) is 25.7. The van der Waals surface area contributed by atoms with Gasteiger partial charge in [0.2, 0.25) is 0 Å². The van der Waals surface area contributed by atoms with Crippen molar-refractivity contribution in [2.24, 2.45) is 10.9 Å². The summed E-state index contributed by atoms with van der Waals surface area (Å²) in [6, 6.07) is 6.37. The largest absolute Gasteiger partial charge is 0.391 e. The number of benzene rings is 1. The van der Waals surface area contributed by atoms with Crippen molar-refractivity contribution < 1.29 is 17.6 Å². The minimum atomic E-state index is -4.13. The molecular weight excluding hydrogens is 346 g/mol. The monoisotopic (exact) mass is 371 g/mol. The summed E-state index contributed by atoms with van der Waals surface area (Å²) in [5.41, 5.74) is 0.844. The zero-order valence-corrected chi connectivity index (χ0v) is 14.9. The molecule has 3 nitrogen and oxygen atoms in total. The van der Waals surface area contributed by atoms with E-state index in [9.17, 15) is 17.6 Å². The fourth-order valence-electron chi connectivity index (χ4n) is 3.80. The van der Waals surface area contributed by atoms with Crippen LogP contribution >= 0.6 is 0 Å². The Bertz CT molecular complexity index is 652. The highest BCUT2D eigenvalue weighted by atomic mass is 19.4. The Hall–Kier alpha value is -1.79. The second kappa shape index (κ2) is 7.45. The van der Waals surface area contributed by atoms with E-state index in [1.807, 2.05) is 6.07 Å². The first-order valence-electron chi connectivity index (χ1n) is 9.12. The molecule has 26 heavy (non-hydrogen) atoms. The maximum Gasteiger partial charge on any atom is 0.391 e. The molecule has 0 saturated heterocycles. The van der Waals surface area contributed by atoms with E-state index in [1.165, 1.54) is 6.07 Å². The molecule has 3 rings (SSSR count). The second-order valence-corrected chi connectivity index (χ2v) is 7.46. The molecule has 2 fully saturated rings. The molecule has 0 aromatic heterocycles. The minimum Gasteiger partial charge on any atom is -0.356 e. The van der Waals surface area contributed by atoms with Crippen LogP contribution in [0.25, 0.3) is 0 Å². The van der Waals surface area contributed by atoms with Gasteiger partial charge < -0.3 is 10.6 Å². The molecule has 0 aliphatic heterocycles. The van der Waals surface area contributed by atoms with Gasteiger partial charge in [0.15, 0.2) is 5.96 Å². The van der Waals surface area contributed by atoms with Gasteiger partial charge in [-0.25, -0.2) is 4.39 Å². The molecule has 2 N–H and O–H groups in total. The summed E-state index contributed by atoms with van der Waals surface area (Å²) in [7, 11) is 1.61. The number of rotatable bonds is 4. The van der Waals surface area contributed by atoms with Crippen molar-refractivity contribution in [2.75, 3.05) is 13.6 Å². The Kier molecular flexibility index (Phi) is 5.44. The van der Waals surface area contributed by atoms with Gasteiger partial charge in [0.25, 0.3) is 0 Å².